The van der Waals surface area contributed by atoms with E-state index in [1.165, 1.54) is 11.3 Å². The van der Waals surface area contributed by atoms with Gasteiger partial charge in [-0.15, -0.1) is 11.3 Å². The third-order valence-corrected chi connectivity index (χ3v) is 4.65. The van der Waals surface area contributed by atoms with Gasteiger partial charge in [0.05, 0.1) is 17.3 Å². The lowest BCUT2D eigenvalue weighted by Crippen LogP contribution is -2.20. The average Bonchev–Trinajstić information content (AvgIpc) is 3.01. The lowest BCUT2D eigenvalue weighted by Gasteiger charge is -2.05. The molecule has 0 radical (unpaired) electrons. The van der Waals surface area contributed by atoms with Crippen molar-refractivity contribution < 1.29 is 9.53 Å². The Hall–Kier alpha value is -2.88. The number of benzene rings is 2. The van der Waals surface area contributed by atoms with E-state index in [0.29, 0.717) is 21.5 Å². The molecule has 130 valence electrons. The van der Waals surface area contributed by atoms with Crippen LogP contribution in [0.1, 0.15) is 10.4 Å². The second-order valence-corrected chi connectivity index (χ2v) is 7.04. The fraction of sp³-hybridized carbons (Fsp3) is 0.105. The predicted molar refractivity (Wildman–Crippen MR) is 103 cm³/mol. The van der Waals surface area contributed by atoms with Gasteiger partial charge in [0, 0.05) is 15.5 Å². The van der Waals surface area contributed by atoms with Crippen molar-refractivity contribution >= 4 is 34.0 Å². The molecule has 0 unspecified atom stereocenters. The maximum atomic E-state index is 12.1. The first-order valence-electron chi connectivity index (χ1n) is 7.71. The standard InChI is InChI=1S/C19H14ClN3O2S/c1-12-18(14-4-6-15(20)7-5-14)23-19(26-12)22-17(24)11-25-16-8-2-13(10-21)3-9-16/h2-9H,11H2,1H3,(H,22,23,24). The second kappa shape index (κ2) is 8.00. The van der Waals surface area contributed by atoms with E-state index in [2.05, 4.69) is 10.3 Å². The highest BCUT2D eigenvalue weighted by Crippen LogP contribution is 2.31. The van der Waals surface area contributed by atoms with E-state index in [0.717, 1.165) is 16.1 Å². The van der Waals surface area contributed by atoms with Gasteiger partial charge in [0.1, 0.15) is 5.75 Å². The summed E-state index contributed by atoms with van der Waals surface area (Å²) in [5, 5.41) is 12.7. The zero-order chi connectivity index (χ0) is 18.5. The summed E-state index contributed by atoms with van der Waals surface area (Å²) >= 11 is 7.31. The van der Waals surface area contributed by atoms with Crippen molar-refractivity contribution in [3.63, 3.8) is 0 Å². The number of nitrogens with one attached hydrogen (secondary N) is 1. The molecular formula is C19H14ClN3O2S. The normalized spacial score (nSPS) is 10.2. The summed E-state index contributed by atoms with van der Waals surface area (Å²) in [6.45, 7) is 1.81. The minimum atomic E-state index is -0.300. The summed E-state index contributed by atoms with van der Waals surface area (Å²) in [6.07, 6.45) is 0. The van der Waals surface area contributed by atoms with Gasteiger partial charge in [0.25, 0.3) is 5.91 Å². The largest absolute Gasteiger partial charge is 0.484 e. The first-order chi connectivity index (χ1) is 12.5. The van der Waals surface area contributed by atoms with Crippen molar-refractivity contribution in [1.29, 1.82) is 5.26 Å². The van der Waals surface area contributed by atoms with Crippen molar-refractivity contribution in [2.45, 2.75) is 6.92 Å². The summed E-state index contributed by atoms with van der Waals surface area (Å²) in [4.78, 5) is 17.5. The van der Waals surface area contributed by atoms with Gasteiger partial charge in [-0.3, -0.25) is 10.1 Å². The lowest BCUT2D eigenvalue weighted by atomic mass is 10.1. The third-order valence-electron chi connectivity index (χ3n) is 3.51. The molecule has 0 bridgehead atoms. The monoisotopic (exact) mass is 383 g/mol. The fourth-order valence-electron chi connectivity index (χ4n) is 2.26. The van der Waals surface area contributed by atoms with Crippen LogP contribution in [-0.2, 0) is 4.79 Å². The van der Waals surface area contributed by atoms with Gasteiger partial charge >= 0.3 is 0 Å². The van der Waals surface area contributed by atoms with E-state index >= 15 is 0 Å². The van der Waals surface area contributed by atoms with Gasteiger partial charge < -0.3 is 4.74 Å². The van der Waals surface area contributed by atoms with Gasteiger partial charge in [-0.2, -0.15) is 5.26 Å². The van der Waals surface area contributed by atoms with Crippen molar-refractivity contribution in [3.8, 4) is 23.1 Å². The Labute approximate surface area is 159 Å². The van der Waals surface area contributed by atoms with Crippen LogP contribution >= 0.6 is 22.9 Å². The molecule has 7 heteroatoms. The Morgan fingerprint density at radius 2 is 1.92 bits per heavy atom. The molecule has 3 rings (SSSR count). The molecule has 2 aromatic carbocycles. The molecule has 1 aromatic heterocycles. The van der Waals surface area contributed by atoms with Crippen molar-refractivity contribution in [2.75, 3.05) is 11.9 Å². The van der Waals surface area contributed by atoms with E-state index in [1.807, 2.05) is 25.1 Å². The number of nitrogens with zero attached hydrogens (tertiary/aromatic N) is 2. The second-order valence-electron chi connectivity index (χ2n) is 5.40. The number of rotatable bonds is 5. The minimum Gasteiger partial charge on any atom is -0.484 e. The van der Waals surface area contributed by atoms with Crippen LogP contribution in [0.3, 0.4) is 0 Å². The summed E-state index contributed by atoms with van der Waals surface area (Å²) in [7, 11) is 0. The molecule has 5 nitrogen and oxygen atoms in total. The summed E-state index contributed by atoms with van der Waals surface area (Å²) < 4.78 is 5.42. The Balaban J connectivity index is 1.61. The number of carbonyl (C=O) groups is 1. The number of hydrogen-bond donors (Lipinski definition) is 1. The van der Waals surface area contributed by atoms with Crippen LogP contribution in [0.15, 0.2) is 48.5 Å². The van der Waals surface area contributed by atoms with Crippen molar-refractivity contribution in [1.82, 2.24) is 4.98 Å². The summed E-state index contributed by atoms with van der Waals surface area (Å²) in [5.41, 5.74) is 2.29. The molecule has 1 amide bonds. The van der Waals surface area contributed by atoms with Crippen LogP contribution < -0.4 is 10.1 Å². The first-order valence-corrected chi connectivity index (χ1v) is 8.91. The highest BCUT2D eigenvalue weighted by Gasteiger charge is 2.12. The Kier molecular flexibility index (Phi) is 5.52. The SMILES string of the molecule is Cc1sc(NC(=O)COc2ccc(C#N)cc2)nc1-c1ccc(Cl)cc1. The number of aromatic nitrogens is 1. The number of thiazole rings is 1. The van der Waals surface area contributed by atoms with Gasteiger partial charge in [0.2, 0.25) is 0 Å². The highest BCUT2D eigenvalue weighted by atomic mass is 35.5. The molecule has 0 aliphatic heterocycles. The number of nitriles is 1. The first kappa shape index (κ1) is 17.9. The number of carbonyl (C=O) groups excluding carboxylic acids is 1. The third kappa shape index (κ3) is 4.39. The smallest absolute Gasteiger partial charge is 0.264 e. The van der Waals surface area contributed by atoms with E-state index < -0.39 is 0 Å². The van der Waals surface area contributed by atoms with Crippen LogP contribution in [-0.4, -0.2) is 17.5 Å². The van der Waals surface area contributed by atoms with Crippen LogP contribution in [0.5, 0.6) is 5.75 Å². The van der Waals surface area contributed by atoms with E-state index in [-0.39, 0.29) is 12.5 Å². The van der Waals surface area contributed by atoms with Crippen LogP contribution in [0.4, 0.5) is 5.13 Å². The van der Waals surface area contributed by atoms with E-state index in [4.69, 9.17) is 21.6 Å². The van der Waals surface area contributed by atoms with E-state index in [9.17, 15) is 4.79 Å². The molecule has 0 saturated carbocycles. The Bertz CT molecular complexity index is 960. The Morgan fingerprint density at radius 1 is 1.23 bits per heavy atom. The average molecular weight is 384 g/mol. The number of hydrogen-bond acceptors (Lipinski definition) is 5. The number of aryl methyl sites for hydroxylation is 1. The molecule has 0 aliphatic rings. The van der Waals surface area contributed by atoms with Gasteiger partial charge in [-0.05, 0) is 43.3 Å². The Morgan fingerprint density at radius 3 is 2.58 bits per heavy atom. The lowest BCUT2D eigenvalue weighted by molar-refractivity contribution is -0.118. The quantitative estimate of drug-likeness (QED) is 0.695. The summed E-state index contributed by atoms with van der Waals surface area (Å²) in [5.74, 6) is 0.224. The highest BCUT2D eigenvalue weighted by molar-refractivity contribution is 7.16. The number of amides is 1. The zero-order valence-corrected chi connectivity index (χ0v) is 15.4. The molecule has 0 saturated heterocycles. The molecule has 0 fully saturated rings. The molecular weight excluding hydrogens is 370 g/mol. The van der Waals surface area contributed by atoms with Crippen molar-refractivity contribution in [3.05, 3.63) is 64.0 Å². The fourth-order valence-corrected chi connectivity index (χ4v) is 3.23. The van der Waals surface area contributed by atoms with E-state index in [1.54, 1.807) is 36.4 Å². The predicted octanol–water partition coefficient (Wildman–Crippen LogP) is 4.66. The van der Waals surface area contributed by atoms with Gasteiger partial charge in [-0.25, -0.2) is 4.98 Å². The minimum absolute atomic E-state index is 0.138. The summed E-state index contributed by atoms with van der Waals surface area (Å²) in [6, 6.07) is 16.0. The molecule has 1 N–H and O–H groups in total. The van der Waals surface area contributed by atoms with Crippen LogP contribution in [0.2, 0.25) is 5.02 Å². The van der Waals surface area contributed by atoms with Crippen LogP contribution in [0, 0.1) is 18.3 Å². The van der Waals surface area contributed by atoms with Gasteiger partial charge in [0.15, 0.2) is 11.7 Å². The molecule has 3 aromatic rings. The molecule has 1 heterocycles. The molecule has 0 aliphatic carbocycles. The molecule has 0 spiro atoms. The maximum Gasteiger partial charge on any atom is 0.264 e. The topological polar surface area (TPSA) is 75.0 Å². The van der Waals surface area contributed by atoms with Gasteiger partial charge in [-0.1, -0.05) is 23.7 Å². The van der Waals surface area contributed by atoms with Crippen molar-refractivity contribution in [2.24, 2.45) is 0 Å². The molecule has 26 heavy (non-hydrogen) atoms. The number of anilines is 1. The number of ether oxygens (including phenoxy) is 1. The van der Waals surface area contributed by atoms with Crippen LogP contribution in [0.25, 0.3) is 11.3 Å². The maximum absolute atomic E-state index is 12.1. The number of halogens is 1. The molecule has 0 atom stereocenters. The zero-order valence-electron chi connectivity index (χ0n) is 13.8.